The van der Waals surface area contributed by atoms with Crippen molar-refractivity contribution in [2.24, 2.45) is 5.73 Å². The third-order valence-electron chi connectivity index (χ3n) is 2.59. The fourth-order valence-electron chi connectivity index (χ4n) is 1.84. The third-order valence-corrected chi connectivity index (χ3v) is 2.59. The van der Waals surface area contributed by atoms with Crippen molar-refractivity contribution in [3.8, 4) is 0 Å². The molecule has 6 heteroatoms. The molecule has 16 heavy (non-hydrogen) atoms. The van der Waals surface area contributed by atoms with E-state index in [-0.39, 0.29) is 18.6 Å². The van der Waals surface area contributed by atoms with Crippen LogP contribution in [0, 0.1) is 0 Å². The molecule has 0 aromatic carbocycles. The fourth-order valence-corrected chi connectivity index (χ4v) is 1.84. The van der Waals surface area contributed by atoms with Gasteiger partial charge in [-0.25, -0.2) is 4.79 Å². The SMILES string of the molecule is CCCN(CC(=O)O)C(=O)N1CCC(N)C1. The summed E-state index contributed by atoms with van der Waals surface area (Å²) in [6, 6.07) is -0.186. The van der Waals surface area contributed by atoms with E-state index in [1.807, 2.05) is 6.92 Å². The molecule has 0 aromatic heterocycles. The average molecular weight is 229 g/mol. The van der Waals surface area contributed by atoms with Crippen molar-refractivity contribution in [1.82, 2.24) is 9.80 Å². The zero-order valence-electron chi connectivity index (χ0n) is 9.56. The predicted octanol–water partition coefficient (Wildman–Crippen LogP) is -0.0640. The highest BCUT2D eigenvalue weighted by Crippen LogP contribution is 2.10. The van der Waals surface area contributed by atoms with Gasteiger partial charge in [-0.2, -0.15) is 0 Å². The van der Waals surface area contributed by atoms with Crippen molar-refractivity contribution < 1.29 is 14.7 Å². The molecule has 1 unspecified atom stereocenters. The van der Waals surface area contributed by atoms with Crippen molar-refractivity contribution in [1.29, 1.82) is 0 Å². The highest BCUT2D eigenvalue weighted by molar-refractivity contribution is 5.80. The molecule has 1 atom stereocenters. The van der Waals surface area contributed by atoms with E-state index in [1.54, 1.807) is 4.90 Å². The number of carboxylic acids is 1. The fraction of sp³-hybridized carbons (Fsp3) is 0.800. The maximum atomic E-state index is 11.9. The number of carbonyl (C=O) groups excluding carboxylic acids is 1. The van der Waals surface area contributed by atoms with E-state index < -0.39 is 5.97 Å². The van der Waals surface area contributed by atoms with E-state index in [1.165, 1.54) is 4.90 Å². The van der Waals surface area contributed by atoms with Crippen molar-refractivity contribution >= 4 is 12.0 Å². The maximum Gasteiger partial charge on any atom is 0.323 e. The van der Waals surface area contributed by atoms with Crippen molar-refractivity contribution in [3.05, 3.63) is 0 Å². The summed E-state index contributed by atoms with van der Waals surface area (Å²) in [5, 5.41) is 8.72. The Labute approximate surface area is 95.0 Å². The van der Waals surface area contributed by atoms with Crippen LogP contribution in [0.25, 0.3) is 0 Å². The first-order valence-corrected chi connectivity index (χ1v) is 5.55. The third kappa shape index (κ3) is 3.37. The minimum atomic E-state index is -0.981. The highest BCUT2D eigenvalue weighted by Gasteiger charge is 2.27. The Kier molecular flexibility index (Phi) is 4.54. The van der Waals surface area contributed by atoms with Crippen molar-refractivity contribution in [2.45, 2.75) is 25.8 Å². The summed E-state index contributed by atoms with van der Waals surface area (Å²) in [5.41, 5.74) is 5.71. The Bertz CT molecular complexity index is 270. The van der Waals surface area contributed by atoms with Gasteiger partial charge < -0.3 is 20.6 Å². The first-order valence-electron chi connectivity index (χ1n) is 5.55. The lowest BCUT2D eigenvalue weighted by molar-refractivity contribution is -0.137. The van der Waals surface area contributed by atoms with E-state index in [0.717, 1.165) is 12.8 Å². The Morgan fingerprint density at radius 1 is 1.56 bits per heavy atom. The Hall–Kier alpha value is -1.30. The summed E-state index contributed by atoms with van der Waals surface area (Å²) in [5.74, 6) is -0.981. The molecule has 0 radical (unpaired) electrons. The van der Waals surface area contributed by atoms with E-state index in [4.69, 9.17) is 10.8 Å². The lowest BCUT2D eigenvalue weighted by atomic mass is 10.3. The summed E-state index contributed by atoms with van der Waals surface area (Å²) in [6.07, 6.45) is 1.54. The highest BCUT2D eigenvalue weighted by atomic mass is 16.4. The van der Waals surface area contributed by atoms with Crippen LogP contribution in [0.1, 0.15) is 19.8 Å². The van der Waals surface area contributed by atoms with E-state index >= 15 is 0 Å². The van der Waals surface area contributed by atoms with Crippen molar-refractivity contribution in [2.75, 3.05) is 26.2 Å². The van der Waals surface area contributed by atoms with Gasteiger partial charge in [-0.05, 0) is 12.8 Å². The van der Waals surface area contributed by atoms with Crippen LogP contribution in [0.5, 0.6) is 0 Å². The van der Waals surface area contributed by atoms with Crippen molar-refractivity contribution in [3.63, 3.8) is 0 Å². The predicted molar refractivity (Wildman–Crippen MR) is 59.1 cm³/mol. The normalized spacial score (nSPS) is 19.9. The summed E-state index contributed by atoms with van der Waals surface area (Å²) >= 11 is 0. The van der Waals surface area contributed by atoms with Gasteiger partial charge in [0.15, 0.2) is 0 Å². The van der Waals surface area contributed by atoms with Crippen LogP contribution in [0.2, 0.25) is 0 Å². The lowest BCUT2D eigenvalue weighted by Crippen LogP contribution is -2.45. The van der Waals surface area contributed by atoms with Gasteiger partial charge in [0.2, 0.25) is 0 Å². The van der Waals surface area contributed by atoms with Gasteiger partial charge >= 0.3 is 12.0 Å². The number of carbonyl (C=O) groups is 2. The number of amides is 2. The van der Waals surface area contributed by atoms with Crippen LogP contribution in [-0.2, 0) is 4.79 Å². The number of rotatable bonds is 4. The molecule has 1 saturated heterocycles. The molecule has 92 valence electrons. The molecule has 0 aromatic rings. The topological polar surface area (TPSA) is 86.9 Å². The monoisotopic (exact) mass is 229 g/mol. The second kappa shape index (κ2) is 5.69. The number of hydrogen-bond donors (Lipinski definition) is 2. The molecule has 3 N–H and O–H groups in total. The minimum Gasteiger partial charge on any atom is -0.480 e. The Morgan fingerprint density at radius 2 is 2.25 bits per heavy atom. The zero-order valence-corrected chi connectivity index (χ0v) is 9.56. The molecule has 6 nitrogen and oxygen atoms in total. The molecule has 1 heterocycles. The number of nitrogens with two attached hydrogens (primary N) is 1. The Morgan fingerprint density at radius 3 is 2.69 bits per heavy atom. The quantitative estimate of drug-likeness (QED) is 0.706. The first kappa shape index (κ1) is 12.8. The van der Waals surface area contributed by atoms with E-state index in [9.17, 15) is 9.59 Å². The number of hydrogen-bond acceptors (Lipinski definition) is 3. The molecule has 1 rings (SSSR count). The standard InChI is InChI=1S/C10H19N3O3/c1-2-4-12(7-9(14)15)10(16)13-5-3-8(11)6-13/h8H,2-7,11H2,1H3,(H,14,15). The second-order valence-electron chi connectivity index (χ2n) is 4.09. The molecule has 0 spiro atoms. The number of nitrogens with zero attached hydrogens (tertiary/aromatic N) is 2. The second-order valence-corrected chi connectivity index (χ2v) is 4.09. The molecular weight excluding hydrogens is 210 g/mol. The molecule has 0 aliphatic carbocycles. The molecule has 0 bridgehead atoms. The largest absolute Gasteiger partial charge is 0.480 e. The summed E-state index contributed by atoms with van der Waals surface area (Å²) in [4.78, 5) is 25.6. The zero-order chi connectivity index (χ0) is 12.1. The van der Waals surface area contributed by atoms with Gasteiger partial charge in [-0.15, -0.1) is 0 Å². The van der Waals surface area contributed by atoms with E-state index in [2.05, 4.69) is 0 Å². The minimum absolute atomic E-state index is 0.0252. The van der Waals surface area contributed by atoms with Crippen LogP contribution in [0.4, 0.5) is 4.79 Å². The average Bonchev–Trinajstić information content (AvgIpc) is 2.62. The van der Waals surface area contributed by atoms with Gasteiger partial charge in [-0.1, -0.05) is 6.92 Å². The Balaban J connectivity index is 2.56. The lowest BCUT2D eigenvalue weighted by Gasteiger charge is -2.26. The maximum absolute atomic E-state index is 11.9. The van der Waals surface area contributed by atoms with Crippen LogP contribution in [0.3, 0.4) is 0 Å². The van der Waals surface area contributed by atoms with Crippen LogP contribution in [-0.4, -0.2) is 59.1 Å². The summed E-state index contributed by atoms with van der Waals surface area (Å²) < 4.78 is 0. The molecule has 2 amide bonds. The van der Waals surface area contributed by atoms with Gasteiger partial charge in [0.05, 0.1) is 0 Å². The van der Waals surface area contributed by atoms with Crippen LogP contribution < -0.4 is 5.73 Å². The number of likely N-dealkylation sites (tertiary alicyclic amines) is 1. The molecule has 0 saturated carbocycles. The van der Waals surface area contributed by atoms with Crippen LogP contribution >= 0.6 is 0 Å². The first-order chi connectivity index (χ1) is 7.54. The number of aliphatic carboxylic acids is 1. The van der Waals surface area contributed by atoms with Gasteiger partial charge in [0.25, 0.3) is 0 Å². The van der Waals surface area contributed by atoms with Gasteiger partial charge in [0, 0.05) is 25.7 Å². The summed E-state index contributed by atoms with van der Waals surface area (Å²) in [6.45, 7) is 3.30. The molecule has 1 aliphatic heterocycles. The van der Waals surface area contributed by atoms with Crippen LogP contribution in [0.15, 0.2) is 0 Å². The number of carboxylic acid groups (broad SMARTS) is 1. The number of urea groups is 1. The summed E-state index contributed by atoms with van der Waals surface area (Å²) in [7, 11) is 0. The van der Waals surface area contributed by atoms with Gasteiger partial charge in [0.1, 0.15) is 6.54 Å². The molecule has 1 aliphatic rings. The van der Waals surface area contributed by atoms with E-state index in [0.29, 0.717) is 19.6 Å². The molecular formula is C10H19N3O3. The smallest absolute Gasteiger partial charge is 0.323 e. The molecule has 1 fully saturated rings. The van der Waals surface area contributed by atoms with Gasteiger partial charge in [-0.3, -0.25) is 4.79 Å².